The zero-order chi connectivity index (χ0) is 21.4. The molecule has 5 rings (SSSR count). The van der Waals surface area contributed by atoms with Crippen LogP contribution in [0, 0.1) is 0 Å². The average molecular weight is 412 g/mol. The van der Waals surface area contributed by atoms with Gasteiger partial charge in [-0.1, -0.05) is 53.5 Å². The molecule has 31 heavy (non-hydrogen) atoms. The summed E-state index contributed by atoms with van der Waals surface area (Å²) in [6, 6.07) is 23.1. The van der Waals surface area contributed by atoms with E-state index in [1.54, 1.807) is 25.6 Å². The lowest BCUT2D eigenvalue weighted by atomic mass is 9.83. The number of methoxy groups -OCH3 is 1. The first-order valence-electron chi connectivity index (χ1n) is 10.0. The van der Waals surface area contributed by atoms with Crippen LogP contribution in [-0.2, 0) is 6.54 Å². The molecule has 1 atom stereocenters. The topological polar surface area (TPSA) is 81.5 Å². The number of benzene rings is 3. The molecular formula is C25H22N3O3+. The van der Waals surface area contributed by atoms with Gasteiger partial charge in [0.1, 0.15) is 22.8 Å². The molecule has 1 aromatic heterocycles. The maximum atomic E-state index is 9.98. The fraction of sp³-hybridized carbons (Fsp3) is 0.120. The number of hydrogen-bond donors (Lipinski definition) is 2. The predicted molar refractivity (Wildman–Crippen MR) is 117 cm³/mol. The molecular weight excluding hydrogens is 390 g/mol. The molecule has 0 fully saturated rings. The van der Waals surface area contributed by atoms with Crippen molar-refractivity contribution in [3.8, 4) is 23.1 Å². The Labute approximate surface area is 180 Å². The quantitative estimate of drug-likeness (QED) is 0.436. The van der Waals surface area contributed by atoms with Gasteiger partial charge in [0, 0.05) is 11.6 Å². The van der Waals surface area contributed by atoms with Gasteiger partial charge >= 0.3 is 5.88 Å². The number of anilines is 1. The summed E-state index contributed by atoms with van der Waals surface area (Å²) in [5.74, 6) is 2.33. The Kier molecular flexibility index (Phi) is 4.67. The molecule has 1 aliphatic rings. The number of nitrogen functional groups attached to an aromatic ring is 1. The normalized spacial score (nSPS) is 14.3. The lowest BCUT2D eigenvalue weighted by Crippen LogP contribution is -2.40. The standard InChI is InChI=1S/C25H21N3O3/c1-30-19-10-7-17(8-11-19)22-20-12-9-18(29)13-21(20)31-25-23(22)24(26)28(15-27-25)14-16-5-3-2-4-6-16/h2-13,15,22,26,29H,14H2,1H3/p+1/t22-/m1/s1. The van der Waals surface area contributed by atoms with Crippen molar-refractivity contribution in [3.05, 3.63) is 101 Å². The highest BCUT2D eigenvalue weighted by molar-refractivity contribution is 5.62. The molecule has 6 nitrogen and oxygen atoms in total. The molecule has 0 saturated carbocycles. The number of phenols is 1. The summed E-state index contributed by atoms with van der Waals surface area (Å²) in [6.45, 7) is 0.602. The second kappa shape index (κ2) is 7.65. The van der Waals surface area contributed by atoms with Crippen LogP contribution in [0.1, 0.15) is 28.2 Å². The minimum absolute atomic E-state index is 0.138. The van der Waals surface area contributed by atoms with E-state index < -0.39 is 0 Å². The van der Waals surface area contributed by atoms with Crippen LogP contribution in [-0.4, -0.2) is 17.2 Å². The van der Waals surface area contributed by atoms with Gasteiger partial charge in [-0.3, -0.25) is 0 Å². The third kappa shape index (κ3) is 3.42. The smallest absolute Gasteiger partial charge is 0.306 e. The third-order valence-electron chi connectivity index (χ3n) is 5.58. The fourth-order valence-corrected chi connectivity index (χ4v) is 4.03. The molecule has 0 aliphatic carbocycles. The molecule has 0 unspecified atom stereocenters. The average Bonchev–Trinajstić information content (AvgIpc) is 2.80. The number of aromatic nitrogens is 2. The minimum atomic E-state index is -0.194. The summed E-state index contributed by atoms with van der Waals surface area (Å²) in [4.78, 5) is 4.57. The van der Waals surface area contributed by atoms with E-state index in [1.807, 2.05) is 53.1 Å². The Hall–Kier alpha value is -4.06. The van der Waals surface area contributed by atoms with Gasteiger partial charge in [-0.15, -0.1) is 0 Å². The van der Waals surface area contributed by atoms with E-state index >= 15 is 0 Å². The number of nitrogens with two attached hydrogens (primary N) is 1. The number of ether oxygens (including phenoxy) is 2. The van der Waals surface area contributed by atoms with Crippen LogP contribution in [0.5, 0.6) is 23.1 Å². The number of nitrogens with zero attached hydrogens (tertiary/aromatic N) is 2. The lowest BCUT2D eigenvalue weighted by Gasteiger charge is -2.27. The molecule has 4 aromatic rings. The zero-order valence-corrected chi connectivity index (χ0v) is 17.0. The van der Waals surface area contributed by atoms with Crippen molar-refractivity contribution in [2.45, 2.75) is 12.5 Å². The van der Waals surface area contributed by atoms with Crippen LogP contribution in [0.4, 0.5) is 5.82 Å². The van der Waals surface area contributed by atoms with Crippen molar-refractivity contribution >= 4 is 5.82 Å². The highest BCUT2D eigenvalue weighted by Gasteiger charge is 2.36. The molecule has 2 heterocycles. The number of hydrogen-bond acceptors (Lipinski definition) is 5. The Morgan fingerprint density at radius 3 is 2.58 bits per heavy atom. The van der Waals surface area contributed by atoms with Crippen molar-refractivity contribution in [2.75, 3.05) is 12.8 Å². The molecule has 0 radical (unpaired) electrons. The first-order valence-corrected chi connectivity index (χ1v) is 10.0. The van der Waals surface area contributed by atoms with E-state index in [0.29, 0.717) is 24.0 Å². The first-order chi connectivity index (χ1) is 15.1. The number of fused-ring (bicyclic) bond motifs is 2. The maximum absolute atomic E-state index is 9.98. The number of aromatic hydroxyl groups is 1. The summed E-state index contributed by atoms with van der Waals surface area (Å²) in [5.41, 5.74) is 10.6. The summed E-state index contributed by atoms with van der Waals surface area (Å²) in [5, 5.41) is 9.98. The molecule has 6 heteroatoms. The summed E-state index contributed by atoms with van der Waals surface area (Å²) in [7, 11) is 1.64. The number of rotatable bonds is 4. The predicted octanol–water partition coefficient (Wildman–Crippen LogP) is 4.00. The van der Waals surface area contributed by atoms with E-state index in [0.717, 1.165) is 28.0 Å². The third-order valence-corrected chi connectivity index (χ3v) is 5.58. The molecule has 154 valence electrons. The van der Waals surface area contributed by atoms with Crippen LogP contribution in [0.3, 0.4) is 0 Å². The molecule has 0 amide bonds. The molecule has 0 bridgehead atoms. The Balaban J connectivity index is 1.67. The fourth-order valence-electron chi connectivity index (χ4n) is 4.03. The van der Waals surface area contributed by atoms with Crippen LogP contribution < -0.4 is 19.8 Å². The van der Waals surface area contributed by atoms with Crippen LogP contribution in [0.2, 0.25) is 0 Å². The highest BCUT2D eigenvalue weighted by Crippen LogP contribution is 2.48. The maximum Gasteiger partial charge on any atom is 0.306 e. The van der Waals surface area contributed by atoms with Crippen LogP contribution in [0.25, 0.3) is 0 Å². The SMILES string of the molecule is COc1ccc([C@@H]2c3ccc(O)cc3Oc3nc[n+](Cc4ccccc4)c(N)c32)cc1. The van der Waals surface area contributed by atoms with Crippen molar-refractivity contribution in [2.24, 2.45) is 0 Å². The second-order valence-corrected chi connectivity index (χ2v) is 7.49. The Morgan fingerprint density at radius 2 is 1.84 bits per heavy atom. The minimum Gasteiger partial charge on any atom is -0.508 e. The monoisotopic (exact) mass is 412 g/mol. The van der Waals surface area contributed by atoms with Crippen molar-refractivity contribution in [1.29, 1.82) is 0 Å². The van der Waals surface area contributed by atoms with E-state index in [4.69, 9.17) is 15.2 Å². The largest absolute Gasteiger partial charge is 0.508 e. The highest BCUT2D eigenvalue weighted by atomic mass is 16.5. The van der Waals surface area contributed by atoms with Crippen LogP contribution in [0.15, 0.2) is 79.1 Å². The van der Waals surface area contributed by atoms with Gasteiger partial charge in [-0.2, -0.15) is 0 Å². The molecule has 3 N–H and O–H groups in total. The molecule has 0 saturated heterocycles. The first kappa shape index (κ1) is 18.9. The van der Waals surface area contributed by atoms with Gasteiger partial charge in [-0.05, 0) is 29.3 Å². The van der Waals surface area contributed by atoms with Gasteiger partial charge in [-0.25, -0.2) is 4.57 Å². The van der Waals surface area contributed by atoms with Gasteiger partial charge in [0.25, 0.3) is 0 Å². The molecule has 3 aromatic carbocycles. The Morgan fingerprint density at radius 1 is 1.06 bits per heavy atom. The van der Waals surface area contributed by atoms with Crippen LogP contribution >= 0.6 is 0 Å². The molecule has 0 spiro atoms. The van der Waals surface area contributed by atoms with Crippen molar-refractivity contribution in [1.82, 2.24) is 4.98 Å². The van der Waals surface area contributed by atoms with Crippen molar-refractivity contribution in [3.63, 3.8) is 0 Å². The number of phenolic OH excluding ortho intramolecular Hbond substituents is 1. The van der Waals surface area contributed by atoms with Gasteiger partial charge in [0.05, 0.1) is 19.6 Å². The van der Waals surface area contributed by atoms with Gasteiger partial charge in [0.15, 0.2) is 0 Å². The van der Waals surface area contributed by atoms with E-state index in [2.05, 4.69) is 17.1 Å². The summed E-state index contributed by atoms with van der Waals surface area (Å²) in [6.07, 6.45) is 1.69. The summed E-state index contributed by atoms with van der Waals surface area (Å²) >= 11 is 0. The summed E-state index contributed by atoms with van der Waals surface area (Å²) < 4.78 is 13.3. The van der Waals surface area contributed by atoms with E-state index in [-0.39, 0.29) is 11.7 Å². The van der Waals surface area contributed by atoms with Gasteiger partial charge < -0.3 is 20.3 Å². The zero-order valence-electron chi connectivity index (χ0n) is 17.0. The Bertz CT molecular complexity index is 1240. The lowest BCUT2D eigenvalue weighted by molar-refractivity contribution is -0.677. The second-order valence-electron chi connectivity index (χ2n) is 7.49. The van der Waals surface area contributed by atoms with Gasteiger partial charge in [0.2, 0.25) is 12.1 Å². The van der Waals surface area contributed by atoms with E-state index in [9.17, 15) is 5.11 Å². The van der Waals surface area contributed by atoms with Crippen molar-refractivity contribution < 1.29 is 19.1 Å². The van der Waals surface area contributed by atoms with E-state index in [1.165, 1.54) is 0 Å². The molecule has 1 aliphatic heterocycles.